The van der Waals surface area contributed by atoms with Gasteiger partial charge in [-0.05, 0) is 56.1 Å². The van der Waals surface area contributed by atoms with Gasteiger partial charge in [0.1, 0.15) is 13.2 Å². The minimum absolute atomic E-state index is 0.568. The van der Waals surface area contributed by atoms with Crippen LogP contribution < -0.4 is 15.2 Å². The Morgan fingerprint density at radius 3 is 2.70 bits per heavy atom. The van der Waals surface area contributed by atoms with Crippen molar-refractivity contribution in [3.63, 3.8) is 0 Å². The lowest BCUT2D eigenvalue weighted by Crippen LogP contribution is -2.35. The topological polar surface area (TPSA) is 47.7 Å². The van der Waals surface area contributed by atoms with Crippen LogP contribution in [0.4, 0.5) is 0 Å². The first-order valence-corrected chi connectivity index (χ1v) is 7.64. The van der Waals surface area contributed by atoms with Gasteiger partial charge in [-0.1, -0.05) is 11.6 Å². The first-order chi connectivity index (χ1) is 9.76. The van der Waals surface area contributed by atoms with Crippen LogP contribution in [0.25, 0.3) is 0 Å². The van der Waals surface area contributed by atoms with Gasteiger partial charge < -0.3 is 15.2 Å². The quantitative estimate of drug-likeness (QED) is 0.930. The summed E-state index contributed by atoms with van der Waals surface area (Å²) < 4.78 is 11.2. The molecule has 0 amide bonds. The van der Waals surface area contributed by atoms with Gasteiger partial charge in [-0.3, -0.25) is 4.90 Å². The highest BCUT2D eigenvalue weighted by Gasteiger charge is 2.20. The highest BCUT2D eigenvalue weighted by atomic mass is 35.5. The number of nitrogens with zero attached hydrogens (tertiary/aromatic N) is 1. The summed E-state index contributed by atoms with van der Waals surface area (Å²) in [5.41, 5.74) is 6.92. The molecule has 3 rings (SSSR count). The van der Waals surface area contributed by atoms with Crippen LogP contribution in [0.5, 0.6) is 11.5 Å². The molecule has 0 bridgehead atoms. The van der Waals surface area contributed by atoms with Crippen molar-refractivity contribution in [3.8, 4) is 11.5 Å². The number of halogens is 1. The molecular weight excluding hydrogens is 276 g/mol. The SMILES string of the molecule is NCC1CCN(Cc2cc(Cl)c3c(c2)OCCO3)CC1. The number of likely N-dealkylation sites (tertiary alicyclic amines) is 1. The van der Waals surface area contributed by atoms with E-state index in [2.05, 4.69) is 11.0 Å². The van der Waals surface area contributed by atoms with Crippen molar-refractivity contribution in [2.45, 2.75) is 19.4 Å². The second kappa shape index (κ2) is 6.20. The Balaban J connectivity index is 1.67. The molecule has 0 atom stereocenters. The first kappa shape index (κ1) is 14.0. The summed E-state index contributed by atoms with van der Waals surface area (Å²) in [6, 6.07) is 4.04. The summed E-state index contributed by atoms with van der Waals surface area (Å²) in [7, 11) is 0. The van der Waals surface area contributed by atoms with Crippen molar-refractivity contribution in [2.75, 3.05) is 32.8 Å². The van der Waals surface area contributed by atoms with Crippen LogP contribution in [0.15, 0.2) is 12.1 Å². The molecule has 0 aliphatic carbocycles. The van der Waals surface area contributed by atoms with Crippen LogP contribution in [0.3, 0.4) is 0 Å². The summed E-state index contributed by atoms with van der Waals surface area (Å²) in [4.78, 5) is 2.45. The van der Waals surface area contributed by atoms with Gasteiger partial charge >= 0.3 is 0 Å². The number of hydrogen-bond acceptors (Lipinski definition) is 4. The summed E-state index contributed by atoms with van der Waals surface area (Å²) in [6.07, 6.45) is 2.38. The van der Waals surface area contributed by atoms with Gasteiger partial charge in [-0.25, -0.2) is 0 Å². The molecule has 0 spiro atoms. The Bertz CT molecular complexity index is 473. The Hall–Kier alpha value is -0.970. The molecule has 1 saturated heterocycles. The molecule has 0 unspecified atom stereocenters. The summed E-state index contributed by atoms with van der Waals surface area (Å²) in [5, 5.41) is 0.647. The third-order valence-electron chi connectivity index (χ3n) is 4.10. The molecule has 0 aromatic heterocycles. The average Bonchev–Trinajstić information content (AvgIpc) is 2.48. The predicted octanol–water partition coefficient (Wildman–Crippen LogP) is 2.28. The van der Waals surface area contributed by atoms with Crippen molar-refractivity contribution in [2.24, 2.45) is 11.7 Å². The Labute approximate surface area is 124 Å². The van der Waals surface area contributed by atoms with Crippen molar-refractivity contribution in [3.05, 3.63) is 22.7 Å². The number of nitrogens with two attached hydrogens (primary N) is 1. The number of hydrogen-bond donors (Lipinski definition) is 1. The maximum atomic E-state index is 6.27. The second-order valence-corrected chi connectivity index (χ2v) is 5.96. The number of rotatable bonds is 3. The van der Waals surface area contributed by atoms with Gasteiger partial charge in [0.05, 0.1) is 5.02 Å². The van der Waals surface area contributed by atoms with E-state index in [1.54, 1.807) is 0 Å². The summed E-state index contributed by atoms with van der Waals surface area (Å²) in [5.74, 6) is 2.15. The second-order valence-electron chi connectivity index (χ2n) is 5.56. The lowest BCUT2D eigenvalue weighted by molar-refractivity contribution is 0.168. The minimum Gasteiger partial charge on any atom is -0.486 e. The van der Waals surface area contributed by atoms with Crippen molar-refractivity contribution in [1.82, 2.24) is 4.90 Å². The van der Waals surface area contributed by atoms with Crippen molar-refractivity contribution >= 4 is 11.6 Å². The van der Waals surface area contributed by atoms with E-state index in [9.17, 15) is 0 Å². The van der Waals surface area contributed by atoms with Gasteiger partial charge in [-0.15, -0.1) is 0 Å². The normalized spacial score (nSPS) is 20.1. The lowest BCUT2D eigenvalue weighted by atomic mass is 9.97. The average molecular weight is 297 g/mol. The van der Waals surface area contributed by atoms with Crippen molar-refractivity contribution in [1.29, 1.82) is 0 Å². The number of benzene rings is 1. The Kier molecular flexibility index (Phi) is 4.34. The standard InChI is InChI=1S/C15H21ClN2O2/c16-13-7-12(8-14-15(13)20-6-5-19-14)10-18-3-1-11(9-17)2-4-18/h7-8,11H,1-6,9-10,17H2. The maximum absolute atomic E-state index is 6.27. The molecule has 1 aromatic carbocycles. The van der Waals surface area contributed by atoms with Crippen LogP contribution in [-0.4, -0.2) is 37.7 Å². The zero-order valence-electron chi connectivity index (χ0n) is 11.6. The fourth-order valence-electron chi connectivity index (χ4n) is 2.89. The van der Waals surface area contributed by atoms with E-state index < -0.39 is 0 Å². The summed E-state index contributed by atoms with van der Waals surface area (Å²) >= 11 is 6.27. The van der Waals surface area contributed by atoms with Crippen LogP contribution in [0.2, 0.25) is 5.02 Å². The molecule has 1 aromatic rings. The largest absolute Gasteiger partial charge is 0.486 e. The highest BCUT2D eigenvalue weighted by Crippen LogP contribution is 2.38. The summed E-state index contributed by atoms with van der Waals surface area (Å²) in [6.45, 7) is 5.09. The van der Waals surface area contributed by atoms with E-state index in [1.807, 2.05) is 6.07 Å². The van der Waals surface area contributed by atoms with Crippen LogP contribution in [0, 0.1) is 5.92 Å². The molecule has 2 aliphatic heterocycles. The first-order valence-electron chi connectivity index (χ1n) is 7.26. The molecule has 5 heteroatoms. The monoisotopic (exact) mass is 296 g/mol. The van der Waals surface area contributed by atoms with Gasteiger partial charge in [0, 0.05) is 6.54 Å². The lowest BCUT2D eigenvalue weighted by Gasteiger charge is -2.31. The molecule has 20 heavy (non-hydrogen) atoms. The third-order valence-corrected chi connectivity index (χ3v) is 4.38. The Morgan fingerprint density at radius 1 is 1.20 bits per heavy atom. The molecule has 4 nitrogen and oxygen atoms in total. The van der Waals surface area contributed by atoms with Gasteiger partial charge in [0.2, 0.25) is 0 Å². The minimum atomic E-state index is 0.568. The highest BCUT2D eigenvalue weighted by molar-refractivity contribution is 6.32. The smallest absolute Gasteiger partial charge is 0.179 e. The molecule has 2 N–H and O–H groups in total. The zero-order valence-corrected chi connectivity index (χ0v) is 12.4. The van der Waals surface area contributed by atoms with E-state index in [-0.39, 0.29) is 0 Å². The molecule has 0 saturated carbocycles. The molecule has 2 aliphatic rings. The van der Waals surface area contributed by atoms with Crippen molar-refractivity contribution < 1.29 is 9.47 Å². The zero-order chi connectivity index (χ0) is 13.9. The fraction of sp³-hybridized carbons (Fsp3) is 0.600. The fourth-order valence-corrected chi connectivity index (χ4v) is 3.18. The molecule has 0 radical (unpaired) electrons. The van der Waals surface area contributed by atoms with E-state index in [0.717, 1.165) is 31.9 Å². The van der Waals surface area contributed by atoms with Crippen LogP contribution in [-0.2, 0) is 6.54 Å². The molecule has 2 heterocycles. The van der Waals surface area contributed by atoms with Gasteiger partial charge in [0.15, 0.2) is 11.5 Å². The number of ether oxygens (including phenoxy) is 2. The van der Waals surface area contributed by atoms with Crippen LogP contribution in [0.1, 0.15) is 18.4 Å². The molecule has 1 fully saturated rings. The molecular formula is C15H21ClN2O2. The van der Waals surface area contributed by atoms with Crippen LogP contribution >= 0.6 is 11.6 Å². The van der Waals surface area contributed by atoms with Gasteiger partial charge in [-0.2, -0.15) is 0 Å². The van der Waals surface area contributed by atoms with E-state index in [4.69, 9.17) is 26.8 Å². The van der Waals surface area contributed by atoms with Gasteiger partial charge in [0.25, 0.3) is 0 Å². The van der Waals surface area contributed by atoms with E-state index >= 15 is 0 Å². The van der Waals surface area contributed by atoms with E-state index in [1.165, 1.54) is 18.4 Å². The predicted molar refractivity (Wildman–Crippen MR) is 79.5 cm³/mol. The molecule has 110 valence electrons. The number of piperidine rings is 1. The number of fused-ring (bicyclic) bond motifs is 1. The Morgan fingerprint density at radius 2 is 1.95 bits per heavy atom. The third kappa shape index (κ3) is 3.03. The van der Waals surface area contributed by atoms with E-state index in [0.29, 0.717) is 29.9 Å². The maximum Gasteiger partial charge on any atom is 0.179 e.